The molecule has 0 saturated heterocycles. The maximum absolute atomic E-state index is 11.3. The number of hydrogen-bond acceptors (Lipinski definition) is 5. The van der Waals surface area contributed by atoms with Crippen molar-refractivity contribution in [3.05, 3.63) is 12.2 Å². The molecule has 0 unspecified atom stereocenters. The summed E-state index contributed by atoms with van der Waals surface area (Å²) in [6.45, 7) is 5.48. The zero-order valence-corrected chi connectivity index (χ0v) is 12.7. The number of hydrogen-bond donors (Lipinski definition) is 1. The molecule has 114 valence electrons. The number of amides is 1. The van der Waals surface area contributed by atoms with Gasteiger partial charge in [-0.2, -0.15) is 0 Å². The predicted molar refractivity (Wildman–Crippen MR) is 78.6 cm³/mol. The summed E-state index contributed by atoms with van der Waals surface area (Å²) in [6.07, 6.45) is 0.932. The Morgan fingerprint density at radius 1 is 1.15 bits per heavy atom. The van der Waals surface area contributed by atoms with Crippen LogP contribution in [0.4, 0.5) is 0 Å². The minimum atomic E-state index is -0.521. The molecule has 6 nitrogen and oxygen atoms in total. The van der Waals surface area contributed by atoms with Crippen LogP contribution in [0.5, 0.6) is 0 Å². The van der Waals surface area contributed by atoms with E-state index in [2.05, 4.69) is 24.5 Å². The molecule has 0 aliphatic carbocycles. The third-order valence-electron chi connectivity index (χ3n) is 2.16. The quantitative estimate of drug-likeness (QED) is 0.265. The maximum atomic E-state index is 11.3. The summed E-state index contributed by atoms with van der Waals surface area (Å²) in [4.78, 5) is 33.6. The molecule has 0 fully saturated rings. The Balaban J connectivity index is 3.56. The summed E-state index contributed by atoms with van der Waals surface area (Å²) >= 11 is 3.29. The van der Waals surface area contributed by atoms with Crippen molar-refractivity contribution in [3.8, 4) is 0 Å². The fourth-order valence-corrected chi connectivity index (χ4v) is 1.28. The molecule has 0 spiro atoms. The number of carbonyl (C=O) groups excluding carboxylic acids is 3. The van der Waals surface area contributed by atoms with Crippen molar-refractivity contribution in [1.29, 1.82) is 0 Å². The molecule has 0 aromatic carbocycles. The standard InChI is InChI=1S/C13H21NO5S/c1-10(2)13(17)19-8-7-18-12(16)5-4-11(15)14-6-3-9-20/h20H,1,3-9H2,2H3,(H,14,15)/p+1. The van der Waals surface area contributed by atoms with Gasteiger partial charge in [-0.15, -0.1) is 0 Å². The largest absolute Gasteiger partial charge is 0.462 e. The Morgan fingerprint density at radius 2 is 1.80 bits per heavy atom. The first-order valence-corrected chi connectivity index (χ1v) is 7.07. The monoisotopic (exact) mass is 304 g/mol. The lowest BCUT2D eigenvalue weighted by atomic mass is 10.3. The van der Waals surface area contributed by atoms with Crippen molar-refractivity contribution < 1.29 is 23.9 Å². The van der Waals surface area contributed by atoms with E-state index in [-0.39, 0.29) is 37.5 Å². The van der Waals surface area contributed by atoms with Gasteiger partial charge in [0.2, 0.25) is 5.91 Å². The molecule has 1 amide bonds. The van der Waals surface area contributed by atoms with E-state index in [0.717, 1.165) is 12.2 Å². The highest BCUT2D eigenvalue weighted by molar-refractivity contribution is 7.58. The highest BCUT2D eigenvalue weighted by Gasteiger charge is 2.08. The van der Waals surface area contributed by atoms with Crippen LogP contribution in [0.2, 0.25) is 0 Å². The van der Waals surface area contributed by atoms with Gasteiger partial charge in [-0.25, -0.2) is 4.79 Å². The first-order valence-electron chi connectivity index (χ1n) is 6.37. The van der Waals surface area contributed by atoms with E-state index in [1.54, 1.807) is 0 Å². The van der Waals surface area contributed by atoms with Gasteiger partial charge in [-0.3, -0.25) is 9.59 Å². The fourth-order valence-electron chi connectivity index (χ4n) is 1.11. The van der Waals surface area contributed by atoms with E-state index in [4.69, 9.17) is 9.47 Å². The van der Waals surface area contributed by atoms with Gasteiger partial charge >= 0.3 is 11.9 Å². The minimum absolute atomic E-state index is 0.00808. The molecule has 0 aliphatic heterocycles. The maximum Gasteiger partial charge on any atom is 0.333 e. The number of rotatable bonds is 10. The summed E-state index contributed by atoms with van der Waals surface area (Å²) in [5.74, 6) is -0.389. The first-order chi connectivity index (χ1) is 9.47. The van der Waals surface area contributed by atoms with Gasteiger partial charge in [-0.1, -0.05) is 6.58 Å². The molecule has 0 saturated carbocycles. The SMILES string of the molecule is C=C(C)C(=O)OCCOC(=O)CCC(=O)NCCC[SH2+]. The van der Waals surface area contributed by atoms with Crippen LogP contribution < -0.4 is 5.32 Å². The van der Waals surface area contributed by atoms with Crippen LogP contribution in [0.25, 0.3) is 0 Å². The van der Waals surface area contributed by atoms with E-state index < -0.39 is 11.9 Å². The molecule has 0 rings (SSSR count). The summed E-state index contributed by atoms with van der Waals surface area (Å²) in [5.41, 5.74) is 0.288. The number of esters is 2. The Kier molecular flexibility index (Phi) is 10.5. The summed E-state index contributed by atoms with van der Waals surface area (Å²) in [5, 5.41) is 2.68. The number of carbonyl (C=O) groups is 3. The summed E-state index contributed by atoms with van der Waals surface area (Å²) < 4.78 is 9.56. The third-order valence-corrected chi connectivity index (χ3v) is 2.51. The lowest BCUT2D eigenvalue weighted by molar-refractivity contribution is -0.150. The van der Waals surface area contributed by atoms with Crippen molar-refractivity contribution in [1.82, 2.24) is 5.32 Å². The molecule has 0 aromatic heterocycles. The lowest BCUT2D eigenvalue weighted by Crippen LogP contribution is -2.25. The van der Waals surface area contributed by atoms with Gasteiger partial charge in [0, 0.05) is 25.0 Å². The average Bonchev–Trinajstić information content (AvgIpc) is 2.41. The molecule has 0 aromatic rings. The van der Waals surface area contributed by atoms with Crippen LogP contribution in [0.1, 0.15) is 26.2 Å². The first kappa shape index (κ1) is 18.5. The van der Waals surface area contributed by atoms with Crippen LogP contribution in [0.15, 0.2) is 12.2 Å². The molecule has 1 N–H and O–H groups in total. The molecule has 7 heteroatoms. The van der Waals surface area contributed by atoms with E-state index in [0.29, 0.717) is 6.54 Å². The van der Waals surface area contributed by atoms with Crippen molar-refractivity contribution in [2.75, 3.05) is 25.5 Å². The van der Waals surface area contributed by atoms with Crippen LogP contribution in [0.3, 0.4) is 0 Å². The van der Waals surface area contributed by atoms with Crippen LogP contribution in [-0.2, 0) is 36.5 Å². The second kappa shape index (κ2) is 11.3. The smallest absolute Gasteiger partial charge is 0.333 e. The van der Waals surface area contributed by atoms with Crippen LogP contribution >= 0.6 is 0 Å². The Hall–Kier alpha value is -1.50. The summed E-state index contributed by atoms with van der Waals surface area (Å²) in [6, 6.07) is 0. The molecular weight excluding hydrogens is 282 g/mol. The van der Waals surface area contributed by atoms with E-state index >= 15 is 0 Å². The van der Waals surface area contributed by atoms with Crippen molar-refractivity contribution in [2.24, 2.45) is 0 Å². The highest BCUT2D eigenvalue weighted by Crippen LogP contribution is 1.95. The van der Waals surface area contributed by atoms with Gasteiger partial charge in [0.05, 0.1) is 6.42 Å². The second-order valence-electron chi connectivity index (χ2n) is 4.09. The average molecular weight is 304 g/mol. The number of ether oxygens (including phenoxy) is 2. The van der Waals surface area contributed by atoms with Gasteiger partial charge in [0.1, 0.15) is 19.0 Å². The molecular formula is C13H22NO5S+. The van der Waals surface area contributed by atoms with Crippen LogP contribution in [-0.4, -0.2) is 43.4 Å². The van der Waals surface area contributed by atoms with Crippen molar-refractivity contribution in [3.63, 3.8) is 0 Å². The second-order valence-corrected chi connectivity index (χ2v) is 4.59. The van der Waals surface area contributed by atoms with Gasteiger partial charge in [0.15, 0.2) is 0 Å². The Labute approximate surface area is 124 Å². The van der Waals surface area contributed by atoms with Gasteiger partial charge in [0.25, 0.3) is 0 Å². The normalized spacial score (nSPS) is 9.70. The van der Waals surface area contributed by atoms with E-state index in [9.17, 15) is 14.4 Å². The topological polar surface area (TPSA) is 81.7 Å². The van der Waals surface area contributed by atoms with Gasteiger partial charge < -0.3 is 14.8 Å². The molecule has 0 aliphatic rings. The minimum Gasteiger partial charge on any atom is -0.462 e. The lowest BCUT2D eigenvalue weighted by Gasteiger charge is -2.06. The third kappa shape index (κ3) is 10.4. The predicted octanol–water partition coefficient (Wildman–Crippen LogP) is -0.0531. The molecule has 0 heterocycles. The molecule has 0 atom stereocenters. The zero-order valence-electron chi connectivity index (χ0n) is 11.7. The van der Waals surface area contributed by atoms with E-state index in [1.165, 1.54) is 6.92 Å². The highest BCUT2D eigenvalue weighted by atomic mass is 32.1. The van der Waals surface area contributed by atoms with Gasteiger partial charge in [-0.05, 0) is 19.6 Å². The van der Waals surface area contributed by atoms with Crippen molar-refractivity contribution in [2.45, 2.75) is 26.2 Å². The number of nitrogens with one attached hydrogen (secondary N) is 1. The molecule has 0 radical (unpaired) electrons. The fraction of sp³-hybridized carbons (Fsp3) is 0.615. The van der Waals surface area contributed by atoms with E-state index in [1.807, 2.05) is 0 Å². The Morgan fingerprint density at radius 3 is 2.40 bits per heavy atom. The Bertz CT molecular complexity index is 357. The molecule has 0 bridgehead atoms. The van der Waals surface area contributed by atoms with Crippen molar-refractivity contribution >= 4 is 30.5 Å². The zero-order chi connectivity index (χ0) is 15.4. The van der Waals surface area contributed by atoms with Crippen LogP contribution in [0, 0.1) is 0 Å². The summed E-state index contributed by atoms with van der Waals surface area (Å²) in [7, 11) is 0. The molecule has 20 heavy (non-hydrogen) atoms.